The number of halogens is 1. The molecule has 0 bridgehead atoms. The van der Waals surface area contributed by atoms with Gasteiger partial charge in [0.05, 0.1) is 22.9 Å². The maximum atomic E-state index is 10.9. The predicted molar refractivity (Wildman–Crippen MR) is 71.7 cm³/mol. The molecular weight excluding hydrogens is 252 g/mol. The third-order valence-corrected chi connectivity index (χ3v) is 2.63. The van der Waals surface area contributed by atoms with Crippen LogP contribution in [-0.2, 0) is 11.3 Å². The summed E-state index contributed by atoms with van der Waals surface area (Å²) in [5.74, 6) is -0.143. The van der Waals surface area contributed by atoms with Gasteiger partial charge >= 0.3 is 0 Å². The fraction of sp³-hybridized carbons (Fsp3) is 0.167. The van der Waals surface area contributed by atoms with Gasteiger partial charge in [0.1, 0.15) is 0 Å². The van der Waals surface area contributed by atoms with Crippen molar-refractivity contribution in [1.82, 2.24) is 10.2 Å². The van der Waals surface area contributed by atoms with Crippen molar-refractivity contribution in [3.8, 4) is 0 Å². The second-order valence-corrected chi connectivity index (χ2v) is 4.22. The summed E-state index contributed by atoms with van der Waals surface area (Å²) in [5, 5.41) is 13.1. The van der Waals surface area contributed by atoms with Crippen LogP contribution in [0.5, 0.6) is 0 Å². The van der Waals surface area contributed by atoms with E-state index in [1.165, 1.54) is 6.92 Å². The smallest absolute Gasteiger partial charge is 0.221 e. The van der Waals surface area contributed by atoms with Crippen LogP contribution >= 0.6 is 11.6 Å². The molecule has 6 heteroatoms. The van der Waals surface area contributed by atoms with Gasteiger partial charge in [-0.1, -0.05) is 11.6 Å². The van der Waals surface area contributed by atoms with Crippen LogP contribution in [0.1, 0.15) is 12.6 Å². The summed E-state index contributed by atoms with van der Waals surface area (Å²) in [5.41, 5.74) is 2.47. The number of carbonyl (C=O) groups excluding carboxylic acids is 1. The van der Waals surface area contributed by atoms with E-state index >= 15 is 0 Å². The molecule has 94 valence electrons. The number of hydrogen-bond acceptors (Lipinski definition) is 3. The molecule has 2 aromatic rings. The van der Waals surface area contributed by atoms with Crippen molar-refractivity contribution in [1.29, 1.82) is 0 Å². The molecule has 0 radical (unpaired) electrons. The highest BCUT2D eigenvalue weighted by Crippen LogP contribution is 2.25. The normalized spacial score (nSPS) is 10.1. The van der Waals surface area contributed by atoms with Crippen LogP contribution in [0, 0.1) is 0 Å². The Kier molecular flexibility index (Phi) is 3.84. The highest BCUT2D eigenvalue weighted by molar-refractivity contribution is 6.34. The molecular formula is C12H13ClN4O. The van der Waals surface area contributed by atoms with Crippen molar-refractivity contribution < 1.29 is 4.79 Å². The Morgan fingerprint density at radius 3 is 2.89 bits per heavy atom. The van der Waals surface area contributed by atoms with Crippen LogP contribution < -0.4 is 10.6 Å². The van der Waals surface area contributed by atoms with Gasteiger partial charge in [-0.3, -0.25) is 9.89 Å². The average Bonchev–Trinajstić information content (AvgIpc) is 2.82. The summed E-state index contributed by atoms with van der Waals surface area (Å²) in [7, 11) is 0. The van der Waals surface area contributed by atoms with Crippen LogP contribution in [0.4, 0.5) is 11.4 Å². The van der Waals surface area contributed by atoms with E-state index in [0.717, 1.165) is 11.4 Å². The Bertz CT molecular complexity index is 539. The largest absolute Gasteiger partial charge is 0.379 e. The lowest BCUT2D eigenvalue weighted by atomic mass is 10.2. The molecule has 1 aromatic heterocycles. The molecule has 0 aliphatic rings. The Balaban J connectivity index is 2.02. The number of benzene rings is 1. The van der Waals surface area contributed by atoms with Gasteiger partial charge in [-0.05, 0) is 24.3 Å². The number of nitrogens with zero attached hydrogens (tertiary/aromatic N) is 1. The summed E-state index contributed by atoms with van der Waals surface area (Å²) in [4.78, 5) is 10.9. The van der Waals surface area contributed by atoms with Crippen molar-refractivity contribution in [3.63, 3.8) is 0 Å². The maximum absolute atomic E-state index is 10.9. The van der Waals surface area contributed by atoms with Gasteiger partial charge in [-0.2, -0.15) is 5.10 Å². The number of rotatable bonds is 4. The molecule has 3 N–H and O–H groups in total. The molecule has 0 fully saturated rings. The molecule has 0 spiro atoms. The zero-order chi connectivity index (χ0) is 13.0. The minimum atomic E-state index is -0.143. The summed E-state index contributed by atoms with van der Waals surface area (Å²) >= 11 is 6.06. The number of nitrogens with one attached hydrogen (secondary N) is 3. The molecule has 0 aliphatic heterocycles. The molecule has 0 saturated carbocycles. The number of H-pyrrole nitrogens is 1. The molecule has 0 aliphatic carbocycles. The third kappa shape index (κ3) is 3.24. The van der Waals surface area contributed by atoms with Crippen LogP contribution in [0.15, 0.2) is 30.5 Å². The lowest BCUT2D eigenvalue weighted by Crippen LogP contribution is -2.06. The van der Waals surface area contributed by atoms with E-state index in [4.69, 9.17) is 11.6 Å². The van der Waals surface area contributed by atoms with Crippen molar-refractivity contribution in [2.24, 2.45) is 0 Å². The first-order valence-corrected chi connectivity index (χ1v) is 5.82. The molecule has 0 saturated heterocycles. The Labute approximate surface area is 110 Å². The number of aromatic nitrogens is 2. The van der Waals surface area contributed by atoms with Gasteiger partial charge in [0.2, 0.25) is 5.91 Å². The van der Waals surface area contributed by atoms with E-state index in [1.54, 1.807) is 18.3 Å². The molecule has 2 rings (SSSR count). The van der Waals surface area contributed by atoms with Crippen molar-refractivity contribution in [3.05, 3.63) is 41.2 Å². The number of hydrogen-bond donors (Lipinski definition) is 3. The van der Waals surface area contributed by atoms with E-state index in [1.807, 2.05) is 12.1 Å². The van der Waals surface area contributed by atoms with Crippen LogP contribution in [0.25, 0.3) is 0 Å². The first kappa shape index (κ1) is 12.4. The lowest BCUT2D eigenvalue weighted by Gasteiger charge is -2.09. The Morgan fingerprint density at radius 2 is 2.28 bits per heavy atom. The fourth-order valence-corrected chi connectivity index (χ4v) is 1.72. The molecule has 1 amide bonds. The minimum Gasteiger partial charge on any atom is -0.379 e. The van der Waals surface area contributed by atoms with E-state index < -0.39 is 0 Å². The summed E-state index contributed by atoms with van der Waals surface area (Å²) < 4.78 is 0. The van der Waals surface area contributed by atoms with Gasteiger partial charge < -0.3 is 10.6 Å². The van der Waals surface area contributed by atoms with Crippen LogP contribution in [0.2, 0.25) is 5.02 Å². The molecule has 5 nitrogen and oxygen atoms in total. The maximum Gasteiger partial charge on any atom is 0.221 e. The van der Waals surface area contributed by atoms with Gasteiger partial charge in [0.15, 0.2) is 0 Å². The minimum absolute atomic E-state index is 0.143. The lowest BCUT2D eigenvalue weighted by molar-refractivity contribution is -0.114. The summed E-state index contributed by atoms with van der Waals surface area (Å²) in [6.45, 7) is 2.08. The number of carbonyl (C=O) groups is 1. The van der Waals surface area contributed by atoms with Gasteiger partial charge in [0.25, 0.3) is 0 Å². The zero-order valence-corrected chi connectivity index (χ0v) is 10.6. The second kappa shape index (κ2) is 5.55. The second-order valence-electron chi connectivity index (χ2n) is 3.81. The summed E-state index contributed by atoms with van der Waals surface area (Å²) in [6, 6.07) is 7.27. The van der Waals surface area contributed by atoms with Crippen molar-refractivity contribution >= 4 is 28.9 Å². The fourth-order valence-electron chi connectivity index (χ4n) is 1.50. The summed E-state index contributed by atoms with van der Waals surface area (Å²) in [6.07, 6.45) is 1.70. The molecule has 0 unspecified atom stereocenters. The van der Waals surface area contributed by atoms with E-state index in [0.29, 0.717) is 17.3 Å². The van der Waals surface area contributed by atoms with Crippen LogP contribution in [0.3, 0.4) is 0 Å². The van der Waals surface area contributed by atoms with Crippen LogP contribution in [-0.4, -0.2) is 16.1 Å². The topological polar surface area (TPSA) is 69.8 Å². The monoisotopic (exact) mass is 264 g/mol. The zero-order valence-electron chi connectivity index (χ0n) is 9.83. The third-order valence-electron chi connectivity index (χ3n) is 2.32. The first-order valence-electron chi connectivity index (χ1n) is 5.44. The molecule has 1 heterocycles. The molecule has 0 atom stereocenters. The van der Waals surface area contributed by atoms with E-state index in [9.17, 15) is 4.79 Å². The van der Waals surface area contributed by atoms with Crippen molar-refractivity contribution in [2.75, 3.05) is 10.6 Å². The SMILES string of the molecule is CC(=O)Nc1ccc(NCc2ccn[nH]2)cc1Cl. The van der Waals surface area contributed by atoms with E-state index in [-0.39, 0.29) is 5.91 Å². The number of amides is 1. The first-order chi connectivity index (χ1) is 8.65. The highest BCUT2D eigenvalue weighted by atomic mass is 35.5. The Morgan fingerprint density at radius 1 is 1.44 bits per heavy atom. The highest BCUT2D eigenvalue weighted by Gasteiger charge is 2.03. The predicted octanol–water partition coefficient (Wildman–Crippen LogP) is 2.63. The van der Waals surface area contributed by atoms with E-state index in [2.05, 4.69) is 20.8 Å². The van der Waals surface area contributed by atoms with Gasteiger partial charge in [-0.15, -0.1) is 0 Å². The standard InChI is InChI=1S/C12H13ClN4O/c1-8(18)16-12-3-2-9(6-11(12)13)14-7-10-4-5-15-17-10/h2-6,14H,7H2,1H3,(H,15,17)(H,16,18). The number of anilines is 2. The average molecular weight is 265 g/mol. The van der Waals surface area contributed by atoms with Gasteiger partial charge in [0, 0.05) is 18.8 Å². The Hall–Kier alpha value is -2.01. The number of aromatic amines is 1. The van der Waals surface area contributed by atoms with Crippen molar-refractivity contribution in [2.45, 2.75) is 13.5 Å². The van der Waals surface area contributed by atoms with Gasteiger partial charge in [-0.25, -0.2) is 0 Å². The molecule has 18 heavy (non-hydrogen) atoms. The quantitative estimate of drug-likeness (QED) is 0.795. The molecule has 1 aromatic carbocycles.